The van der Waals surface area contributed by atoms with Gasteiger partial charge in [0.2, 0.25) is 0 Å². The van der Waals surface area contributed by atoms with Crippen molar-refractivity contribution < 1.29 is 0 Å². The third-order valence-corrected chi connectivity index (χ3v) is 4.49. The highest BCUT2D eigenvalue weighted by molar-refractivity contribution is 4.95. The van der Waals surface area contributed by atoms with Crippen molar-refractivity contribution in [1.82, 2.24) is 9.55 Å². The second kappa shape index (κ2) is 5.21. The lowest BCUT2D eigenvalue weighted by molar-refractivity contribution is 0.163. The number of hydrogen-bond donors (Lipinski definition) is 1. The maximum absolute atomic E-state index is 6.41. The molecule has 1 fully saturated rings. The second-order valence-corrected chi connectivity index (χ2v) is 5.81. The second-order valence-electron chi connectivity index (χ2n) is 5.81. The van der Waals surface area contributed by atoms with E-state index in [2.05, 4.69) is 23.5 Å². The smallest absolute Gasteiger partial charge is 0.108 e. The molecule has 1 aliphatic rings. The number of rotatable bonds is 4. The van der Waals surface area contributed by atoms with E-state index in [9.17, 15) is 0 Å². The van der Waals surface area contributed by atoms with Crippen LogP contribution in [-0.4, -0.2) is 15.6 Å². The molecule has 0 amide bonds. The van der Waals surface area contributed by atoms with Crippen molar-refractivity contribution in [2.75, 3.05) is 0 Å². The highest BCUT2D eigenvalue weighted by Gasteiger charge is 2.32. The highest BCUT2D eigenvalue weighted by atomic mass is 15.0. The Hall–Kier alpha value is -0.830. The summed E-state index contributed by atoms with van der Waals surface area (Å²) in [6.07, 6.45) is 12.6. The molecule has 1 heterocycles. The van der Waals surface area contributed by atoms with E-state index in [1.54, 1.807) is 0 Å². The summed E-state index contributed by atoms with van der Waals surface area (Å²) in [6.45, 7) is 2.37. The molecule has 0 spiro atoms. The molecular formula is C14H25N3. The predicted molar refractivity (Wildman–Crippen MR) is 70.7 cm³/mol. The fourth-order valence-corrected chi connectivity index (χ4v) is 3.00. The van der Waals surface area contributed by atoms with Crippen LogP contribution in [0.1, 0.15) is 51.3 Å². The van der Waals surface area contributed by atoms with E-state index in [1.807, 2.05) is 12.4 Å². The van der Waals surface area contributed by atoms with Crippen LogP contribution in [0.2, 0.25) is 0 Å². The first-order valence-corrected chi connectivity index (χ1v) is 6.84. The van der Waals surface area contributed by atoms with Crippen molar-refractivity contribution >= 4 is 0 Å². The van der Waals surface area contributed by atoms with E-state index in [0.717, 1.165) is 18.7 Å². The van der Waals surface area contributed by atoms with Crippen LogP contribution in [0.3, 0.4) is 0 Å². The minimum Gasteiger partial charge on any atom is -0.338 e. The third kappa shape index (κ3) is 2.89. The molecule has 3 heteroatoms. The van der Waals surface area contributed by atoms with Crippen LogP contribution >= 0.6 is 0 Å². The minimum absolute atomic E-state index is 0.319. The van der Waals surface area contributed by atoms with Crippen molar-refractivity contribution in [2.24, 2.45) is 18.2 Å². The van der Waals surface area contributed by atoms with Gasteiger partial charge in [0.1, 0.15) is 5.82 Å². The summed E-state index contributed by atoms with van der Waals surface area (Å²) < 4.78 is 2.09. The molecule has 1 atom stereocenters. The van der Waals surface area contributed by atoms with Crippen LogP contribution in [0, 0.1) is 5.41 Å². The SMILES string of the molecule is Cn1ccnc1CCC(N)C1(C)CCCCC1. The van der Waals surface area contributed by atoms with E-state index >= 15 is 0 Å². The Kier molecular flexibility index (Phi) is 3.87. The summed E-state index contributed by atoms with van der Waals surface area (Å²) in [5.74, 6) is 1.15. The molecule has 2 rings (SSSR count). The average Bonchev–Trinajstić information content (AvgIpc) is 2.73. The summed E-state index contributed by atoms with van der Waals surface area (Å²) in [7, 11) is 2.05. The van der Waals surface area contributed by atoms with Crippen molar-refractivity contribution in [3.05, 3.63) is 18.2 Å². The first-order chi connectivity index (χ1) is 8.12. The molecule has 0 aromatic carbocycles. The first kappa shape index (κ1) is 12.6. The monoisotopic (exact) mass is 235 g/mol. The van der Waals surface area contributed by atoms with E-state index < -0.39 is 0 Å². The molecule has 96 valence electrons. The summed E-state index contributed by atoms with van der Waals surface area (Å²) in [4.78, 5) is 4.36. The maximum atomic E-state index is 6.41. The summed E-state index contributed by atoms with van der Waals surface area (Å²) in [5.41, 5.74) is 6.78. The van der Waals surface area contributed by atoms with Crippen molar-refractivity contribution in [1.29, 1.82) is 0 Å². The van der Waals surface area contributed by atoms with Crippen molar-refractivity contribution in [3.8, 4) is 0 Å². The Morgan fingerprint density at radius 3 is 2.71 bits per heavy atom. The molecule has 0 radical (unpaired) electrons. The largest absolute Gasteiger partial charge is 0.338 e. The van der Waals surface area contributed by atoms with Crippen molar-refractivity contribution in [3.63, 3.8) is 0 Å². The van der Waals surface area contributed by atoms with Gasteiger partial charge in [0, 0.05) is 31.9 Å². The molecule has 1 aromatic heterocycles. The fourth-order valence-electron chi connectivity index (χ4n) is 3.00. The van der Waals surface area contributed by atoms with Gasteiger partial charge in [0.15, 0.2) is 0 Å². The van der Waals surface area contributed by atoms with Crippen LogP contribution in [0.4, 0.5) is 0 Å². The highest BCUT2D eigenvalue weighted by Crippen LogP contribution is 2.39. The maximum Gasteiger partial charge on any atom is 0.108 e. The quantitative estimate of drug-likeness (QED) is 0.872. The number of nitrogens with two attached hydrogens (primary N) is 1. The number of hydrogen-bond acceptors (Lipinski definition) is 2. The zero-order valence-electron chi connectivity index (χ0n) is 11.2. The summed E-state index contributed by atoms with van der Waals surface area (Å²) in [6, 6.07) is 0.319. The topological polar surface area (TPSA) is 43.8 Å². The summed E-state index contributed by atoms with van der Waals surface area (Å²) in [5, 5.41) is 0. The molecule has 2 N–H and O–H groups in total. The van der Waals surface area contributed by atoms with Gasteiger partial charge in [0.05, 0.1) is 0 Å². The van der Waals surface area contributed by atoms with Gasteiger partial charge in [-0.15, -0.1) is 0 Å². The van der Waals surface area contributed by atoms with Gasteiger partial charge in [-0.05, 0) is 24.7 Å². The van der Waals surface area contributed by atoms with Gasteiger partial charge < -0.3 is 10.3 Å². The molecule has 0 bridgehead atoms. The Balaban J connectivity index is 1.88. The number of nitrogens with zero attached hydrogens (tertiary/aromatic N) is 2. The molecule has 0 saturated heterocycles. The van der Waals surface area contributed by atoms with Crippen LogP contribution in [0.25, 0.3) is 0 Å². The Morgan fingerprint density at radius 2 is 2.12 bits per heavy atom. The van der Waals surface area contributed by atoms with Crippen LogP contribution in [-0.2, 0) is 13.5 Å². The minimum atomic E-state index is 0.319. The van der Waals surface area contributed by atoms with Gasteiger partial charge in [-0.2, -0.15) is 0 Å². The van der Waals surface area contributed by atoms with Gasteiger partial charge >= 0.3 is 0 Å². The van der Waals surface area contributed by atoms with Crippen LogP contribution in [0.5, 0.6) is 0 Å². The van der Waals surface area contributed by atoms with Crippen molar-refractivity contribution in [2.45, 2.75) is 57.9 Å². The van der Waals surface area contributed by atoms with E-state index in [1.165, 1.54) is 32.1 Å². The predicted octanol–water partition coefficient (Wildman–Crippen LogP) is 2.65. The van der Waals surface area contributed by atoms with Crippen LogP contribution < -0.4 is 5.73 Å². The molecule has 3 nitrogen and oxygen atoms in total. The standard InChI is InChI=1S/C14H25N3/c1-14(8-4-3-5-9-14)12(15)6-7-13-16-10-11-17(13)2/h10-12H,3-9,15H2,1-2H3. The first-order valence-electron chi connectivity index (χ1n) is 6.84. The number of aryl methyl sites for hydroxylation is 2. The lowest BCUT2D eigenvalue weighted by atomic mass is 9.70. The molecule has 1 aromatic rings. The zero-order chi connectivity index (χ0) is 12.3. The molecule has 0 aliphatic heterocycles. The average molecular weight is 235 g/mol. The lowest BCUT2D eigenvalue weighted by Gasteiger charge is -2.39. The zero-order valence-corrected chi connectivity index (χ0v) is 11.2. The third-order valence-electron chi connectivity index (χ3n) is 4.49. The van der Waals surface area contributed by atoms with Gasteiger partial charge in [-0.3, -0.25) is 0 Å². The number of aromatic nitrogens is 2. The fraction of sp³-hybridized carbons (Fsp3) is 0.786. The molecule has 1 unspecified atom stereocenters. The Bertz CT molecular complexity index is 350. The van der Waals surface area contributed by atoms with Gasteiger partial charge in [-0.1, -0.05) is 26.2 Å². The molecule has 1 saturated carbocycles. The molecular weight excluding hydrogens is 210 g/mol. The number of imidazole rings is 1. The van der Waals surface area contributed by atoms with E-state index in [0.29, 0.717) is 11.5 Å². The Labute approximate surface area is 104 Å². The van der Waals surface area contributed by atoms with E-state index in [-0.39, 0.29) is 0 Å². The molecule has 1 aliphatic carbocycles. The Morgan fingerprint density at radius 1 is 1.41 bits per heavy atom. The van der Waals surface area contributed by atoms with Gasteiger partial charge in [-0.25, -0.2) is 4.98 Å². The normalized spacial score (nSPS) is 21.4. The van der Waals surface area contributed by atoms with Crippen LogP contribution in [0.15, 0.2) is 12.4 Å². The lowest BCUT2D eigenvalue weighted by Crippen LogP contribution is -2.41. The van der Waals surface area contributed by atoms with E-state index in [4.69, 9.17) is 5.73 Å². The summed E-state index contributed by atoms with van der Waals surface area (Å²) >= 11 is 0. The molecule has 17 heavy (non-hydrogen) atoms. The van der Waals surface area contributed by atoms with Gasteiger partial charge in [0.25, 0.3) is 0 Å².